The number of hydrogen-bond acceptors (Lipinski definition) is 3. The molecule has 18 heavy (non-hydrogen) atoms. The average Bonchev–Trinajstić information content (AvgIpc) is 2.39. The van der Waals surface area contributed by atoms with Crippen LogP contribution < -0.4 is 5.32 Å². The summed E-state index contributed by atoms with van der Waals surface area (Å²) in [7, 11) is 0. The molecule has 1 unspecified atom stereocenters. The maximum Gasteiger partial charge on any atom is 0.146 e. The van der Waals surface area contributed by atoms with Gasteiger partial charge in [0.25, 0.3) is 0 Å². The minimum absolute atomic E-state index is 0.164. The van der Waals surface area contributed by atoms with Crippen molar-refractivity contribution in [1.29, 1.82) is 0 Å². The van der Waals surface area contributed by atoms with Crippen LogP contribution in [0.15, 0.2) is 47.1 Å². The lowest BCUT2D eigenvalue weighted by molar-refractivity contribution is 0.274. The molecule has 2 aromatic rings. The summed E-state index contributed by atoms with van der Waals surface area (Å²) < 4.78 is 14.3. The van der Waals surface area contributed by atoms with Crippen molar-refractivity contribution >= 4 is 21.6 Å². The van der Waals surface area contributed by atoms with Crippen LogP contribution in [0.25, 0.3) is 0 Å². The quantitative estimate of drug-likeness (QED) is 0.912. The van der Waals surface area contributed by atoms with Gasteiger partial charge in [0.15, 0.2) is 0 Å². The van der Waals surface area contributed by atoms with Crippen molar-refractivity contribution in [3.05, 3.63) is 58.6 Å². The van der Waals surface area contributed by atoms with E-state index in [0.29, 0.717) is 11.4 Å². The third-order valence-corrected chi connectivity index (χ3v) is 2.96. The van der Waals surface area contributed by atoms with E-state index in [4.69, 9.17) is 0 Å². The molecule has 0 radical (unpaired) electrons. The smallest absolute Gasteiger partial charge is 0.146 e. The molecule has 0 aliphatic carbocycles. The van der Waals surface area contributed by atoms with Crippen LogP contribution in [-0.2, 0) is 0 Å². The molecule has 2 N–H and O–H groups in total. The second-order valence-corrected chi connectivity index (χ2v) is 4.68. The molecular formula is C13H12BrFN2O. The van der Waals surface area contributed by atoms with Gasteiger partial charge in [-0.1, -0.05) is 12.1 Å². The second kappa shape index (κ2) is 5.93. The highest BCUT2D eigenvalue weighted by Crippen LogP contribution is 2.21. The van der Waals surface area contributed by atoms with Crippen molar-refractivity contribution in [3.8, 4) is 0 Å². The van der Waals surface area contributed by atoms with Crippen LogP contribution in [-0.4, -0.2) is 16.7 Å². The first kappa shape index (κ1) is 13.0. The average molecular weight is 311 g/mol. The molecule has 0 saturated heterocycles. The maximum atomic E-state index is 13.5. The summed E-state index contributed by atoms with van der Waals surface area (Å²) in [5, 5.41) is 12.3. The molecule has 0 aliphatic rings. The van der Waals surface area contributed by atoms with Gasteiger partial charge in [0.05, 0.1) is 24.0 Å². The highest BCUT2D eigenvalue weighted by atomic mass is 79.9. The Bertz CT molecular complexity index is 519. The normalized spacial score (nSPS) is 12.2. The lowest BCUT2D eigenvalue weighted by Crippen LogP contribution is -2.16. The Kier molecular flexibility index (Phi) is 4.28. The fraction of sp³-hybridized carbons (Fsp3) is 0.154. The molecule has 1 atom stereocenters. The number of halogens is 2. The van der Waals surface area contributed by atoms with Crippen molar-refractivity contribution in [2.75, 3.05) is 11.9 Å². The Morgan fingerprint density at radius 3 is 2.67 bits per heavy atom. The van der Waals surface area contributed by atoms with Crippen molar-refractivity contribution in [1.82, 2.24) is 4.98 Å². The third kappa shape index (κ3) is 3.05. The van der Waals surface area contributed by atoms with Gasteiger partial charge in [0.1, 0.15) is 5.82 Å². The summed E-state index contributed by atoms with van der Waals surface area (Å²) in [5.41, 5.74) is 1.00. The number of aromatic nitrogens is 1. The summed E-state index contributed by atoms with van der Waals surface area (Å²) in [6.45, 7) is -0.164. The first-order valence-electron chi connectivity index (χ1n) is 5.44. The van der Waals surface area contributed by atoms with Gasteiger partial charge in [-0.3, -0.25) is 4.98 Å². The fourth-order valence-electron chi connectivity index (χ4n) is 1.57. The van der Waals surface area contributed by atoms with Gasteiger partial charge in [-0.05, 0) is 40.2 Å². The van der Waals surface area contributed by atoms with Gasteiger partial charge in [-0.25, -0.2) is 4.39 Å². The zero-order valence-corrected chi connectivity index (χ0v) is 11.1. The molecule has 0 spiro atoms. The maximum absolute atomic E-state index is 13.5. The molecule has 1 aromatic carbocycles. The van der Waals surface area contributed by atoms with E-state index in [1.165, 1.54) is 6.07 Å². The van der Waals surface area contributed by atoms with Crippen molar-refractivity contribution in [3.63, 3.8) is 0 Å². The van der Waals surface area contributed by atoms with Gasteiger partial charge in [-0.2, -0.15) is 0 Å². The van der Waals surface area contributed by atoms with Crippen molar-refractivity contribution < 1.29 is 9.50 Å². The molecule has 0 fully saturated rings. The SMILES string of the molecule is OCC(Nc1ccccc1F)c1ccc(Br)cn1. The number of rotatable bonds is 4. The van der Waals surface area contributed by atoms with Gasteiger partial charge in [0.2, 0.25) is 0 Å². The van der Waals surface area contributed by atoms with E-state index in [-0.39, 0.29) is 12.4 Å². The number of aliphatic hydroxyl groups is 1. The molecule has 0 bridgehead atoms. The molecule has 5 heteroatoms. The van der Waals surface area contributed by atoms with E-state index >= 15 is 0 Å². The van der Waals surface area contributed by atoms with E-state index in [2.05, 4.69) is 26.2 Å². The van der Waals surface area contributed by atoms with Gasteiger partial charge >= 0.3 is 0 Å². The highest BCUT2D eigenvalue weighted by molar-refractivity contribution is 9.10. The molecule has 3 nitrogen and oxygen atoms in total. The molecule has 2 rings (SSSR count). The van der Waals surface area contributed by atoms with Gasteiger partial charge < -0.3 is 10.4 Å². The highest BCUT2D eigenvalue weighted by Gasteiger charge is 2.13. The lowest BCUT2D eigenvalue weighted by Gasteiger charge is -2.17. The first-order valence-corrected chi connectivity index (χ1v) is 6.23. The molecule has 0 saturated carbocycles. The number of pyridine rings is 1. The minimum Gasteiger partial charge on any atom is -0.394 e. The van der Waals surface area contributed by atoms with Crippen molar-refractivity contribution in [2.24, 2.45) is 0 Å². The predicted octanol–water partition coefficient (Wildman–Crippen LogP) is 3.13. The van der Waals surface area contributed by atoms with Crippen LogP contribution in [0.4, 0.5) is 10.1 Å². The van der Waals surface area contributed by atoms with E-state index in [1.54, 1.807) is 30.5 Å². The first-order chi connectivity index (χ1) is 8.70. The van der Waals surface area contributed by atoms with Crippen LogP contribution in [0.3, 0.4) is 0 Å². The number of nitrogens with one attached hydrogen (secondary N) is 1. The van der Waals surface area contributed by atoms with Crippen LogP contribution in [0.1, 0.15) is 11.7 Å². The lowest BCUT2D eigenvalue weighted by atomic mass is 10.2. The van der Waals surface area contributed by atoms with E-state index in [1.807, 2.05) is 6.07 Å². The number of anilines is 1. The number of aliphatic hydroxyl groups excluding tert-OH is 1. The van der Waals surface area contributed by atoms with E-state index in [0.717, 1.165) is 4.47 Å². The summed E-state index contributed by atoms with van der Waals surface area (Å²) in [6, 6.07) is 9.51. The number of hydrogen-bond donors (Lipinski definition) is 2. The Balaban J connectivity index is 2.20. The monoisotopic (exact) mass is 310 g/mol. The largest absolute Gasteiger partial charge is 0.394 e. The molecule has 1 heterocycles. The zero-order chi connectivity index (χ0) is 13.0. The third-order valence-electron chi connectivity index (χ3n) is 2.49. The number of nitrogens with zero attached hydrogens (tertiary/aromatic N) is 1. The molecule has 0 aliphatic heterocycles. The molecule has 0 amide bonds. The van der Waals surface area contributed by atoms with Crippen LogP contribution >= 0.6 is 15.9 Å². The molecular weight excluding hydrogens is 299 g/mol. The fourth-order valence-corrected chi connectivity index (χ4v) is 1.81. The predicted molar refractivity (Wildman–Crippen MR) is 71.8 cm³/mol. The van der Waals surface area contributed by atoms with Crippen molar-refractivity contribution in [2.45, 2.75) is 6.04 Å². The molecule has 94 valence electrons. The summed E-state index contributed by atoms with van der Waals surface area (Å²) in [5.74, 6) is -0.354. The zero-order valence-electron chi connectivity index (χ0n) is 9.48. The van der Waals surface area contributed by atoms with Crippen LogP contribution in [0.2, 0.25) is 0 Å². The van der Waals surface area contributed by atoms with E-state index in [9.17, 15) is 9.50 Å². The van der Waals surface area contributed by atoms with E-state index < -0.39 is 6.04 Å². The standard InChI is InChI=1S/C13H12BrFN2O/c14-9-5-6-12(16-7-9)13(8-18)17-11-4-2-1-3-10(11)15/h1-7,13,17-18H,8H2. The van der Waals surface area contributed by atoms with Crippen LogP contribution in [0.5, 0.6) is 0 Å². The Morgan fingerprint density at radius 1 is 1.28 bits per heavy atom. The number of benzene rings is 1. The summed E-state index contributed by atoms with van der Waals surface area (Å²) in [4.78, 5) is 4.18. The molecule has 1 aromatic heterocycles. The van der Waals surface area contributed by atoms with Crippen LogP contribution in [0, 0.1) is 5.82 Å². The topological polar surface area (TPSA) is 45.1 Å². The Hall–Kier alpha value is -1.46. The van der Waals surface area contributed by atoms with Gasteiger partial charge in [0, 0.05) is 10.7 Å². The van der Waals surface area contributed by atoms with Gasteiger partial charge in [-0.15, -0.1) is 0 Å². The Morgan fingerprint density at radius 2 is 2.06 bits per heavy atom. The number of para-hydroxylation sites is 1. The minimum atomic E-state index is -0.435. The summed E-state index contributed by atoms with van der Waals surface area (Å²) >= 11 is 3.29. The second-order valence-electron chi connectivity index (χ2n) is 3.76. The Labute approximate surface area is 113 Å². The summed E-state index contributed by atoms with van der Waals surface area (Å²) in [6.07, 6.45) is 1.64.